The summed E-state index contributed by atoms with van der Waals surface area (Å²) in [6.45, 7) is 1.84. The molecule has 1 aliphatic heterocycles. The van der Waals surface area contributed by atoms with Gasteiger partial charge < -0.3 is 10.6 Å². The molecule has 4 heterocycles. The zero-order chi connectivity index (χ0) is 22.5. The second kappa shape index (κ2) is 7.84. The third-order valence-corrected chi connectivity index (χ3v) is 6.37. The molecule has 0 amide bonds. The highest BCUT2D eigenvalue weighted by Gasteiger charge is 2.19. The molecule has 2 aromatic carbocycles. The van der Waals surface area contributed by atoms with Crippen LogP contribution in [0.15, 0.2) is 59.8 Å². The van der Waals surface area contributed by atoms with Gasteiger partial charge in [0.15, 0.2) is 5.65 Å². The monoisotopic (exact) mass is 477 g/mol. The molecular formula is C23H17Cl2N7O. The van der Waals surface area contributed by atoms with Gasteiger partial charge in [0.2, 0.25) is 11.7 Å². The van der Waals surface area contributed by atoms with E-state index in [4.69, 9.17) is 23.2 Å². The van der Waals surface area contributed by atoms with E-state index in [9.17, 15) is 4.79 Å². The fourth-order valence-corrected chi connectivity index (χ4v) is 4.76. The van der Waals surface area contributed by atoms with E-state index in [0.29, 0.717) is 38.5 Å². The zero-order valence-electron chi connectivity index (χ0n) is 17.2. The van der Waals surface area contributed by atoms with Crippen LogP contribution in [0.25, 0.3) is 22.5 Å². The summed E-state index contributed by atoms with van der Waals surface area (Å²) in [5.74, 6) is 0.743. The largest absolute Gasteiger partial charge is 0.324 e. The predicted octanol–water partition coefficient (Wildman–Crippen LogP) is 4.12. The lowest BCUT2D eigenvalue weighted by molar-refractivity contribution is 0.644. The standard InChI is InChI=1S/C23H17Cl2N7O/c24-17-2-1-3-18(25)19(17)32-21(33)16-12-28-22(30-20(16)31-9-8-27-23(31)32)29-15-5-4-14-11-26-7-6-13(14)10-15/h1-5,8-10,12,26H,6-7,11H2,(H,28,29,30). The Labute approximate surface area is 197 Å². The molecule has 0 bridgehead atoms. The van der Waals surface area contributed by atoms with Crippen LogP contribution < -0.4 is 16.2 Å². The van der Waals surface area contributed by atoms with E-state index >= 15 is 0 Å². The quantitative estimate of drug-likeness (QED) is 0.406. The maximum Gasteiger partial charge on any atom is 0.270 e. The number of fused-ring (bicyclic) bond motifs is 4. The van der Waals surface area contributed by atoms with Gasteiger partial charge in [-0.05, 0) is 48.4 Å². The molecule has 3 aromatic heterocycles. The van der Waals surface area contributed by atoms with Crippen molar-refractivity contribution in [2.24, 2.45) is 0 Å². The molecule has 0 atom stereocenters. The number of anilines is 2. The second-order valence-electron chi connectivity index (χ2n) is 7.77. The lowest BCUT2D eigenvalue weighted by Crippen LogP contribution is -2.23. The van der Waals surface area contributed by atoms with Crippen molar-refractivity contribution in [1.82, 2.24) is 29.2 Å². The van der Waals surface area contributed by atoms with Crippen LogP contribution in [0.2, 0.25) is 10.0 Å². The Morgan fingerprint density at radius 1 is 1.06 bits per heavy atom. The van der Waals surface area contributed by atoms with Gasteiger partial charge in [0.1, 0.15) is 5.39 Å². The highest BCUT2D eigenvalue weighted by atomic mass is 35.5. The molecule has 10 heteroatoms. The highest BCUT2D eigenvalue weighted by molar-refractivity contribution is 6.37. The van der Waals surface area contributed by atoms with Gasteiger partial charge >= 0.3 is 0 Å². The first-order valence-electron chi connectivity index (χ1n) is 10.4. The number of halogens is 2. The van der Waals surface area contributed by atoms with Crippen LogP contribution in [0.3, 0.4) is 0 Å². The molecule has 0 unspecified atom stereocenters. The van der Waals surface area contributed by atoms with E-state index in [-0.39, 0.29) is 5.56 Å². The van der Waals surface area contributed by atoms with Gasteiger partial charge in [-0.1, -0.05) is 35.3 Å². The Balaban J connectivity index is 1.50. The second-order valence-corrected chi connectivity index (χ2v) is 8.59. The molecule has 0 aliphatic carbocycles. The van der Waals surface area contributed by atoms with Gasteiger partial charge in [0.25, 0.3) is 5.56 Å². The summed E-state index contributed by atoms with van der Waals surface area (Å²) in [6, 6.07) is 11.3. The summed E-state index contributed by atoms with van der Waals surface area (Å²) in [4.78, 5) is 26.9. The molecule has 1 aliphatic rings. The lowest BCUT2D eigenvalue weighted by Gasteiger charge is -2.18. The summed E-state index contributed by atoms with van der Waals surface area (Å²) >= 11 is 12.8. The minimum absolute atomic E-state index is 0.318. The lowest BCUT2D eigenvalue weighted by atomic mass is 10.0. The van der Waals surface area contributed by atoms with E-state index in [2.05, 4.69) is 37.7 Å². The number of rotatable bonds is 3. The molecule has 33 heavy (non-hydrogen) atoms. The van der Waals surface area contributed by atoms with Crippen molar-refractivity contribution in [2.45, 2.75) is 13.0 Å². The van der Waals surface area contributed by atoms with Gasteiger partial charge in [-0.3, -0.25) is 9.20 Å². The summed E-state index contributed by atoms with van der Waals surface area (Å²) in [6.07, 6.45) is 5.82. The summed E-state index contributed by atoms with van der Waals surface area (Å²) in [7, 11) is 0. The van der Waals surface area contributed by atoms with Crippen LogP contribution in [0.5, 0.6) is 0 Å². The van der Waals surface area contributed by atoms with Crippen LogP contribution in [0, 0.1) is 0 Å². The van der Waals surface area contributed by atoms with Crippen LogP contribution >= 0.6 is 23.2 Å². The Morgan fingerprint density at radius 3 is 2.76 bits per heavy atom. The van der Waals surface area contributed by atoms with Crippen molar-refractivity contribution in [3.63, 3.8) is 0 Å². The number of aromatic nitrogens is 5. The number of hydrogen-bond acceptors (Lipinski definition) is 6. The maximum absolute atomic E-state index is 13.5. The Hall–Kier alpha value is -3.46. The van der Waals surface area contributed by atoms with Crippen molar-refractivity contribution < 1.29 is 0 Å². The zero-order valence-corrected chi connectivity index (χ0v) is 18.7. The van der Waals surface area contributed by atoms with E-state index in [1.54, 1.807) is 35.0 Å². The number of hydrogen-bond donors (Lipinski definition) is 2. The number of para-hydroxylation sites is 1. The Bertz CT molecular complexity index is 1590. The average molecular weight is 478 g/mol. The maximum atomic E-state index is 13.5. The molecule has 2 N–H and O–H groups in total. The van der Waals surface area contributed by atoms with Gasteiger partial charge in [0, 0.05) is 30.8 Å². The van der Waals surface area contributed by atoms with Crippen molar-refractivity contribution in [3.8, 4) is 5.69 Å². The molecule has 8 nitrogen and oxygen atoms in total. The van der Waals surface area contributed by atoms with Gasteiger partial charge in [-0.2, -0.15) is 4.98 Å². The summed E-state index contributed by atoms with van der Waals surface area (Å²) in [5.41, 5.74) is 3.95. The van der Waals surface area contributed by atoms with Gasteiger partial charge in [0.05, 0.1) is 15.7 Å². The highest BCUT2D eigenvalue weighted by Crippen LogP contribution is 2.29. The first-order chi connectivity index (χ1) is 16.1. The van der Waals surface area contributed by atoms with Gasteiger partial charge in [-0.15, -0.1) is 0 Å². The van der Waals surface area contributed by atoms with Crippen LogP contribution in [-0.4, -0.2) is 30.5 Å². The van der Waals surface area contributed by atoms with E-state index in [0.717, 1.165) is 25.2 Å². The Kier molecular flexibility index (Phi) is 4.79. The first kappa shape index (κ1) is 20.2. The molecule has 0 fully saturated rings. The van der Waals surface area contributed by atoms with Gasteiger partial charge in [-0.25, -0.2) is 14.5 Å². The molecule has 0 saturated heterocycles. The first-order valence-corrected chi connectivity index (χ1v) is 11.1. The van der Waals surface area contributed by atoms with E-state index in [1.807, 2.05) is 6.07 Å². The van der Waals surface area contributed by atoms with Crippen LogP contribution in [-0.2, 0) is 13.0 Å². The fourth-order valence-electron chi connectivity index (χ4n) is 4.19. The summed E-state index contributed by atoms with van der Waals surface area (Å²) in [5, 5.41) is 7.64. The normalized spacial score (nSPS) is 13.4. The fraction of sp³-hybridized carbons (Fsp3) is 0.130. The minimum atomic E-state index is -0.355. The van der Waals surface area contributed by atoms with E-state index < -0.39 is 0 Å². The predicted molar refractivity (Wildman–Crippen MR) is 129 cm³/mol. The molecule has 0 saturated carbocycles. The average Bonchev–Trinajstić information content (AvgIpc) is 3.31. The number of nitrogens with one attached hydrogen (secondary N) is 2. The van der Waals surface area contributed by atoms with Crippen molar-refractivity contribution in [3.05, 3.63) is 86.5 Å². The smallest absolute Gasteiger partial charge is 0.270 e. The number of imidazole rings is 1. The third-order valence-electron chi connectivity index (χ3n) is 5.76. The van der Waals surface area contributed by atoms with Crippen LogP contribution in [0.1, 0.15) is 11.1 Å². The van der Waals surface area contributed by atoms with Crippen molar-refractivity contribution >= 4 is 51.6 Å². The van der Waals surface area contributed by atoms with Crippen molar-refractivity contribution in [1.29, 1.82) is 0 Å². The summed E-state index contributed by atoms with van der Waals surface area (Å²) < 4.78 is 3.11. The SMILES string of the molecule is O=c1c2cnc(Nc3ccc4c(c3)CCNC4)nc2n2ccnc2n1-c1c(Cl)cccc1Cl. The van der Waals surface area contributed by atoms with Crippen molar-refractivity contribution in [2.75, 3.05) is 11.9 Å². The van der Waals surface area contributed by atoms with Crippen LogP contribution in [0.4, 0.5) is 11.6 Å². The number of benzene rings is 2. The topological polar surface area (TPSA) is 89.1 Å². The molecular weight excluding hydrogens is 461 g/mol. The molecule has 5 aromatic rings. The minimum Gasteiger partial charge on any atom is -0.324 e. The van der Waals surface area contributed by atoms with E-state index in [1.165, 1.54) is 21.9 Å². The molecule has 6 rings (SSSR count). The Morgan fingerprint density at radius 2 is 1.91 bits per heavy atom. The molecule has 0 spiro atoms. The number of nitrogens with zero attached hydrogens (tertiary/aromatic N) is 5. The molecule has 0 radical (unpaired) electrons. The molecule has 164 valence electrons. The third kappa shape index (κ3) is 3.34.